The van der Waals surface area contributed by atoms with Crippen molar-refractivity contribution in [1.82, 2.24) is 4.90 Å². The largest absolute Gasteiger partial charge is 0.489 e. The Hall–Kier alpha value is -1.99. The second kappa shape index (κ2) is 22.3. The van der Waals surface area contributed by atoms with Crippen LogP contribution in [0.1, 0.15) is 82.2 Å². The number of allylic oxidation sites excluding steroid dienone is 4. The summed E-state index contributed by atoms with van der Waals surface area (Å²) in [6, 6.07) is 4.71. The number of likely N-dealkylation sites (N-methyl/N-ethyl adjacent to an activating group) is 3. The molecule has 524 valence electrons. The molecule has 95 heavy (non-hydrogen) atoms. The minimum Gasteiger partial charge on any atom is -0.489 e. The molecule has 16 aliphatic carbocycles. The number of hydrogen-bond acceptors (Lipinski definition) is 13. The molecule has 3 N–H and O–H groups in total. The van der Waals surface area contributed by atoms with Crippen LogP contribution in [-0.4, -0.2) is 189 Å². The lowest BCUT2D eigenvalue weighted by Crippen LogP contribution is -2.67. The third-order valence-electron chi connectivity index (χ3n) is 31.8. The molecule has 1 aliphatic heterocycles. The highest BCUT2D eigenvalue weighted by atomic mass is 31.2. The molecule has 2 spiro atoms. The van der Waals surface area contributed by atoms with E-state index in [9.17, 15) is 28.4 Å². The molecule has 1 heterocycles. The number of ether oxygens (including phenoxy) is 3. The molecule has 18 rings (SSSR count). The maximum atomic E-state index is 12.4. The van der Waals surface area contributed by atoms with Gasteiger partial charge in [0.25, 0.3) is 0 Å². The zero-order valence-corrected chi connectivity index (χ0v) is 60.8. The number of rotatable bonds is 31. The van der Waals surface area contributed by atoms with Crippen LogP contribution in [0.15, 0.2) is 46.6 Å². The Labute approximate surface area is 563 Å². The topological polar surface area (TPSA) is 198 Å². The lowest BCUT2D eigenvalue weighted by Gasteiger charge is -2.69. The molecule has 30 atom stereocenters. The lowest BCUT2D eigenvalue weighted by atomic mass is 9.33. The molecule has 14 fully saturated rings. The van der Waals surface area contributed by atoms with Gasteiger partial charge in [-0.2, -0.15) is 0 Å². The van der Waals surface area contributed by atoms with Crippen LogP contribution < -0.4 is 14.2 Å². The third-order valence-corrected chi connectivity index (χ3v) is 34.7. The highest BCUT2D eigenvalue weighted by Crippen LogP contribution is 2.97. The summed E-state index contributed by atoms with van der Waals surface area (Å²) in [7, 11) is 6.40. The molecule has 13 saturated carbocycles. The number of likely N-dealkylation sites (tertiary alicyclic amines) is 1. The van der Waals surface area contributed by atoms with E-state index in [0.717, 1.165) is 144 Å². The van der Waals surface area contributed by atoms with Gasteiger partial charge in [-0.25, -0.2) is 13.7 Å². The van der Waals surface area contributed by atoms with Crippen molar-refractivity contribution in [2.24, 2.45) is 153 Å². The predicted octanol–water partition coefficient (Wildman–Crippen LogP) is 10.7. The Bertz CT molecular complexity index is 3560. The van der Waals surface area contributed by atoms with Crippen molar-refractivity contribution in [3.8, 4) is 17.2 Å². The Morgan fingerprint density at radius 3 is 1.34 bits per heavy atom. The van der Waals surface area contributed by atoms with Crippen LogP contribution in [0.4, 0.5) is 0 Å². The van der Waals surface area contributed by atoms with E-state index in [4.69, 9.17) is 41.4 Å². The van der Waals surface area contributed by atoms with Crippen molar-refractivity contribution in [2.75, 3.05) is 156 Å². The molecule has 30 unspecified atom stereocenters. The SMILES string of the molecule is COP(=O)(O)OCC[N+](C)(C)CCCOc1ccc(C2N(C)CC34C5=C6CCC7C8CCC9C%10CCC%11C%12CCC%13=C(C=C5)C23C2C%13C%12C3C%11C%10C5C9C8C8C7C6C4C4C8C5C3C42)c(OCCC[N+](C)(C)CCOP(=O)(O)OC)c1OCCC[N+](C)(C)CCOP(=O)(O)OC. The number of nitrogens with zero attached hydrogens (tertiary/aromatic N) is 4. The van der Waals surface area contributed by atoms with Crippen molar-refractivity contribution in [3.05, 3.63) is 52.1 Å². The Balaban J connectivity index is 0.764. The lowest BCUT2D eigenvalue weighted by molar-refractivity contribution is -0.890. The third kappa shape index (κ3) is 8.92. The summed E-state index contributed by atoms with van der Waals surface area (Å²) in [6.07, 6.45) is 19.3. The number of phosphoric acid groups is 3. The Kier molecular flexibility index (Phi) is 15.2. The molecular formula is C73H110N4O15P3+3. The first kappa shape index (κ1) is 65.1. The summed E-state index contributed by atoms with van der Waals surface area (Å²) in [5, 5.41) is 0. The fourth-order valence-corrected chi connectivity index (χ4v) is 31.6. The summed E-state index contributed by atoms with van der Waals surface area (Å²) in [5.74, 6) is 23.3. The second-order valence-corrected chi connectivity index (χ2v) is 40.5. The average molecular weight is 1380 g/mol. The fourth-order valence-electron chi connectivity index (χ4n) is 30.3. The maximum Gasteiger partial charge on any atom is 0.472 e. The summed E-state index contributed by atoms with van der Waals surface area (Å²) < 4.78 is 91.0. The molecular weight excluding hydrogens is 1270 g/mol. The quantitative estimate of drug-likeness (QED) is 0.0360. The minimum atomic E-state index is -4.13. The van der Waals surface area contributed by atoms with E-state index in [1.165, 1.54) is 65.4 Å². The standard InChI is InChI=1S/C73H107N4O15P3/c1-74-38-72-48-23-24-49-46-21-19-44-42-17-15-40-39-14-16-41-43-18-20-45(48)57-55(43)60-53(41)51(39)59-52(40)54(42)61-56(44)58(46)68(66-64(61)62(59)63(60)65(66)67(57)72)73(49,72)71(74)47-22-25-50(87-32-11-26-75(2,3)29-35-90-93(78,79)84-8)70(89-34-13-28-77(6,7)31-37-92-95(82,83)86-10)69(47)88-33-12-27-76(4,5)30-36-91-94(80,81)85-9/h22-25,39-44,51-68,71H,11-21,26-38H2,1-10H3/p+3. The van der Waals surface area contributed by atoms with E-state index in [2.05, 4.69) is 78.5 Å². The molecule has 0 amide bonds. The zero-order chi connectivity index (χ0) is 65.8. The predicted molar refractivity (Wildman–Crippen MR) is 355 cm³/mol. The molecule has 17 aliphatic rings. The average Bonchev–Trinajstić information content (AvgIpc) is 1.42. The summed E-state index contributed by atoms with van der Waals surface area (Å²) in [4.78, 5) is 33.2. The molecule has 1 saturated heterocycles. The number of quaternary nitrogens is 3. The molecule has 0 bridgehead atoms. The molecule has 0 radical (unpaired) electrons. The van der Waals surface area contributed by atoms with E-state index in [1.807, 2.05) is 16.7 Å². The van der Waals surface area contributed by atoms with Crippen molar-refractivity contribution in [2.45, 2.75) is 76.7 Å². The van der Waals surface area contributed by atoms with Gasteiger partial charge < -0.3 is 42.3 Å². The second-order valence-electron chi connectivity index (χ2n) is 35.8. The number of phosphoric ester groups is 3. The van der Waals surface area contributed by atoms with Gasteiger partial charge in [0.2, 0.25) is 5.75 Å². The van der Waals surface area contributed by atoms with Crippen LogP contribution >= 0.6 is 23.5 Å². The van der Waals surface area contributed by atoms with Gasteiger partial charge in [0, 0.05) is 69.6 Å². The van der Waals surface area contributed by atoms with Gasteiger partial charge in [-0.05, 0) is 224 Å². The normalized spacial score (nSPS) is 46.0. The molecule has 1 aromatic carbocycles. The van der Waals surface area contributed by atoms with Gasteiger partial charge >= 0.3 is 23.5 Å². The maximum absolute atomic E-state index is 12.4. The number of benzene rings is 1. The van der Waals surface area contributed by atoms with Crippen molar-refractivity contribution < 1.29 is 83.2 Å². The monoisotopic (exact) mass is 1380 g/mol. The first-order chi connectivity index (χ1) is 45.4. The highest BCUT2D eigenvalue weighted by Gasteiger charge is 2.93. The minimum absolute atomic E-state index is 0.00792. The van der Waals surface area contributed by atoms with Gasteiger partial charge in [0.1, 0.15) is 39.5 Å². The molecule has 0 aromatic heterocycles. The smallest absolute Gasteiger partial charge is 0.472 e. The van der Waals surface area contributed by atoms with Crippen LogP contribution in [0.25, 0.3) is 0 Å². The fraction of sp³-hybridized carbons (Fsp3) is 0.836. The number of hydrogen-bond donors (Lipinski definition) is 3. The van der Waals surface area contributed by atoms with Crippen LogP contribution in [0, 0.1) is 153 Å². The highest BCUT2D eigenvalue weighted by molar-refractivity contribution is 7.47. The first-order valence-corrected chi connectivity index (χ1v) is 41.8. The first-order valence-electron chi connectivity index (χ1n) is 37.3. The summed E-state index contributed by atoms with van der Waals surface area (Å²) >= 11 is 0. The van der Waals surface area contributed by atoms with Crippen LogP contribution in [-0.2, 0) is 40.8 Å². The number of fused-ring (bicyclic) bond motifs is 3. The van der Waals surface area contributed by atoms with E-state index < -0.39 is 23.5 Å². The van der Waals surface area contributed by atoms with Gasteiger partial charge in [0.15, 0.2) is 11.5 Å². The zero-order valence-electron chi connectivity index (χ0n) is 58.1. The van der Waals surface area contributed by atoms with Gasteiger partial charge in [-0.1, -0.05) is 23.3 Å². The molecule has 22 heteroatoms. The Morgan fingerprint density at radius 1 is 0.463 bits per heavy atom. The van der Waals surface area contributed by atoms with E-state index in [-0.39, 0.29) is 36.7 Å². The summed E-state index contributed by atoms with van der Waals surface area (Å²) in [6.45, 7) is 6.18. The van der Waals surface area contributed by atoms with Crippen molar-refractivity contribution in [3.63, 3.8) is 0 Å². The van der Waals surface area contributed by atoms with Gasteiger partial charge in [-0.15, -0.1) is 0 Å². The van der Waals surface area contributed by atoms with Crippen LogP contribution in [0.2, 0.25) is 0 Å². The van der Waals surface area contributed by atoms with Gasteiger partial charge in [0.05, 0.1) is 81.7 Å². The van der Waals surface area contributed by atoms with Crippen LogP contribution in [0.5, 0.6) is 17.2 Å². The van der Waals surface area contributed by atoms with Crippen LogP contribution in [0.3, 0.4) is 0 Å². The van der Waals surface area contributed by atoms with Gasteiger partial charge in [-0.3, -0.25) is 32.0 Å². The van der Waals surface area contributed by atoms with E-state index in [0.29, 0.717) is 114 Å². The van der Waals surface area contributed by atoms with E-state index >= 15 is 0 Å². The van der Waals surface area contributed by atoms with E-state index in [1.54, 1.807) is 18.4 Å². The molecule has 1 aromatic rings. The Morgan fingerprint density at radius 2 is 0.853 bits per heavy atom. The molecule has 19 nitrogen and oxygen atoms in total. The van der Waals surface area contributed by atoms with Crippen molar-refractivity contribution in [1.29, 1.82) is 0 Å². The van der Waals surface area contributed by atoms with Crippen molar-refractivity contribution >= 4 is 23.5 Å². The summed E-state index contributed by atoms with van der Waals surface area (Å²) in [5.41, 5.74) is 8.57.